The van der Waals surface area contributed by atoms with E-state index in [4.69, 9.17) is 5.73 Å². The van der Waals surface area contributed by atoms with Crippen molar-refractivity contribution in [3.8, 4) is 0 Å². The molecule has 0 aliphatic heterocycles. The van der Waals surface area contributed by atoms with Crippen LogP contribution < -0.4 is 11.1 Å². The lowest BCUT2D eigenvalue weighted by molar-refractivity contribution is 0.627. The fraction of sp³-hybridized carbons (Fsp3) is 0.0667. The van der Waals surface area contributed by atoms with Crippen LogP contribution in [0.5, 0.6) is 0 Å². The topological polar surface area (TPSA) is 63.8 Å². The zero-order valence-electron chi connectivity index (χ0n) is 11.2. The SMILES string of the molecule is Cc1cc(F)ccc1Nc1ncnc2cc(N)cc(F)c12. The molecule has 0 spiro atoms. The van der Waals surface area contributed by atoms with Gasteiger partial charge in [-0.2, -0.15) is 0 Å². The quantitative estimate of drug-likeness (QED) is 0.707. The third kappa shape index (κ3) is 2.47. The first-order valence-corrected chi connectivity index (χ1v) is 6.27. The van der Waals surface area contributed by atoms with Gasteiger partial charge in [0.2, 0.25) is 0 Å². The molecular formula is C15H12F2N4. The standard InChI is InChI=1S/C15H12F2N4/c1-8-4-9(16)2-3-12(8)21-15-14-11(17)5-10(18)6-13(14)19-7-20-15/h2-7H,18H2,1H3,(H,19,20,21). The molecule has 0 fully saturated rings. The monoisotopic (exact) mass is 286 g/mol. The minimum atomic E-state index is -0.507. The first-order valence-electron chi connectivity index (χ1n) is 6.27. The molecule has 6 heteroatoms. The Labute approximate surface area is 119 Å². The molecule has 0 aliphatic carbocycles. The summed E-state index contributed by atoms with van der Waals surface area (Å²) >= 11 is 0. The van der Waals surface area contributed by atoms with E-state index in [-0.39, 0.29) is 11.2 Å². The Morgan fingerprint density at radius 1 is 1.10 bits per heavy atom. The normalized spacial score (nSPS) is 10.8. The summed E-state index contributed by atoms with van der Waals surface area (Å²) in [6.07, 6.45) is 1.32. The molecule has 0 radical (unpaired) electrons. The summed E-state index contributed by atoms with van der Waals surface area (Å²) in [5, 5.41) is 3.25. The van der Waals surface area contributed by atoms with Crippen molar-refractivity contribution >= 4 is 28.1 Å². The van der Waals surface area contributed by atoms with Gasteiger partial charge in [0.1, 0.15) is 23.8 Å². The predicted octanol–water partition coefficient (Wildman–Crippen LogP) is 3.54. The summed E-state index contributed by atoms with van der Waals surface area (Å²) in [7, 11) is 0. The fourth-order valence-electron chi connectivity index (χ4n) is 2.15. The van der Waals surface area contributed by atoms with Gasteiger partial charge >= 0.3 is 0 Å². The lowest BCUT2D eigenvalue weighted by atomic mass is 10.1. The van der Waals surface area contributed by atoms with E-state index in [9.17, 15) is 8.78 Å². The van der Waals surface area contributed by atoms with Gasteiger partial charge in [0, 0.05) is 11.4 Å². The van der Waals surface area contributed by atoms with Gasteiger partial charge in [-0.1, -0.05) is 0 Å². The Morgan fingerprint density at radius 2 is 1.90 bits per heavy atom. The first-order chi connectivity index (χ1) is 10.0. The number of nitrogens with two attached hydrogens (primary N) is 1. The summed E-state index contributed by atoms with van der Waals surface area (Å²) in [6.45, 7) is 1.75. The number of aryl methyl sites for hydroxylation is 1. The molecule has 0 aliphatic rings. The number of benzene rings is 2. The number of nitrogens with one attached hydrogen (secondary N) is 1. The van der Waals surface area contributed by atoms with Crippen molar-refractivity contribution in [3.05, 3.63) is 53.9 Å². The van der Waals surface area contributed by atoms with Crippen molar-refractivity contribution < 1.29 is 8.78 Å². The molecule has 106 valence electrons. The molecule has 0 saturated heterocycles. The maximum atomic E-state index is 14.1. The van der Waals surface area contributed by atoms with Crippen molar-refractivity contribution in [2.45, 2.75) is 6.92 Å². The van der Waals surface area contributed by atoms with E-state index >= 15 is 0 Å². The summed E-state index contributed by atoms with van der Waals surface area (Å²) in [4.78, 5) is 8.07. The second kappa shape index (κ2) is 4.97. The van der Waals surface area contributed by atoms with Crippen LogP contribution in [0.3, 0.4) is 0 Å². The zero-order chi connectivity index (χ0) is 15.0. The van der Waals surface area contributed by atoms with E-state index in [1.165, 1.54) is 24.5 Å². The summed E-state index contributed by atoms with van der Waals surface area (Å²) < 4.78 is 27.2. The number of fused-ring (bicyclic) bond motifs is 1. The van der Waals surface area contributed by atoms with Crippen LogP contribution in [-0.2, 0) is 0 Å². The van der Waals surface area contributed by atoms with Gasteiger partial charge < -0.3 is 11.1 Å². The zero-order valence-corrected chi connectivity index (χ0v) is 11.2. The van der Waals surface area contributed by atoms with Gasteiger partial charge in [-0.25, -0.2) is 18.7 Å². The Bertz CT molecular complexity index is 833. The number of anilines is 3. The number of nitrogen functional groups attached to an aromatic ring is 1. The molecule has 21 heavy (non-hydrogen) atoms. The van der Waals surface area contributed by atoms with E-state index in [0.29, 0.717) is 28.3 Å². The molecule has 3 rings (SSSR count). The molecule has 4 nitrogen and oxygen atoms in total. The average Bonchev–Trinajstić information content (AvgIpc) is 2.41. The minimum absolute atomic E-state index is 0.246. The van der Waals surface area contributed by atoms with E-state index < -0.39 is 5.82 Å². The highest BCUT2D eigenvalue weighted by molar-refractivity contribution is 5.93. The van der Waals surface area contributed by atoms with E-state index in [1.807, 2.05) is 0 Å². The molecule has 3 N–H and O–H groups in total. The second-order valence-electron chi connectivity index (χ2n) is 4.70. The van der Waals surface area contributed by atoms with E-state index in [0.717, 1.165) is 0 Å². The Morgan fingerprint density at radius 3 is 2.67 bits per heavy atom. The molecule has 0 saturated carbocycles. The number of hydrogen-bond donors (Lipinski definition) is 2. The maximum Gasteiger partial charge on any atom is 0.144 e. The highest BCUT2D eigenvalue weighted by Crippen LogP contribution is 2.28. The minimum Gasteiger partial charge on any atom is -0.399 e. The van der Waals surface area contributed by atoms with Crippen LogP contribution in [0.25, 0.3) is 10.9 Å². The van der Waals surface area contributed by atoms with Gasteiger partial charge in [0.25, 0.3) is 0 Å². The third-order valence-corrected chi connectivity index (χ3v) is 3.15. The van der Waals surface area contributed by atoms with Gasteiger partial charge in [-0.3, -0.25) is 0 Å². The number of halogens is 2. The first kappa shape index (κ1) is 13.2. The van der Waals surface area contributed by atoms with Crippen molar-refractivity contribution in [3.63, 3.8) is 0 Å². The Balaban J connectivity index is 2.12. The molecule has 1 heterocycles. The fourth-order valence-corrected chi connectivity index (χ4v) is 2.15. The molecule has 0 bridgehead atoms. The molecule has 0 amide bonds. The molecule has 3 aromatic rings. The molecule has 1 aromatic heterocycles. The van der Waals surface area contributed by atoms with Gasteiger partial charge in [0.05, 0.1) is 10.9 Å². The van der Waals surface area contributed by atoms with Crippen molar-refractivity contribution in [2.75, 3.05) is 11.1 Å². The third-order valence-electron chi connectivity index (χ3n) is 3.15. The van der Waals surface area contributed by atoms with Gasteiger partial charge in [-0.05, 0) is 42.8 Å². The van der Waals surface area contributed by atoms with Crippen molar-refractivity contribution in [1.29, 1.82) is 0 Å². The van der Waals surface area contributed by atoms with E-state index in [1.54, 1.807) is 19.1 Å². The predicted molar refractivity (Wildman–Crippen MR) is 78.3 cm³/mol. The molecule has 0 atom stereocenters. The van der Waals surface area contributed by atoms with Crippen molar-refractivity contribution in [1.82, 2.24) is 9.97 Å². The molecule has 2 aromatic carbocycles. The highest BCUT2D eigenvalue weighted by atomic mass is 19.1. The van der Waals surface area contributed by atoms with Crippen LogP contribution in [-0.4, -0.2) is 9.97 Å². The van der Waals surface area contributed by atoms with Crippen LogP contribution in [0.4, 0.5) is 26.0 Å². The van der Waals surface area contributed by atoms with E-state index in [2.05, 4.69) is 15.3 Å². The Kier molecular flexibility index (Phi) is 3.13. The summed E-state index contributed by atoms with van der Waals surface area (Å²) in [5.41, 5.74) is 7.65. The average molecular weight is 286 g/mol. The van der Waals surface area contributed by atoms with Gasteiger partial charge in [0.15, 0.2) is 0 Å². The largest absolute Gasteiger partial charge is 0.399 e. The van der Waals surface area contributed by atoms with Crippen LogP contribution in [0.15, 0.2) is 36.7 Å². The Hall–Kier alpha value is -2.76. The highest BCUT2D eigenvalue weighted by Gasteiger charge is 2.11. The second-order valence-corrected chi connectivity index (χ2v) is 4.70. The molecule has 0 unspecified atom stereocenters. The molecular weight excluding hydrogens is 274 g/mol. The number of nitrogens with zero attached hydrogens (tertiary/aromatic N) is 2. The number of rotatable bonds is 2. The van der Waals surface area contributed by atoms with Crippen molar-refractivity contribution in [2.24, 2.45) is 0 Å². The van der Waals surface area contributed by atoms with Gasteiger partial charge in [-0.15, -0.1) is 0 Å². The number of aromatic nitrogens is 2. The van der Waals surface area contributed by atoms with Crippen LogP contribution in [0.1, 0.15) is 5.56 Å². The smallest absolute Gasteiger partial charge is 0.144 e. The van der Waals surface area contributed by atoms with Crippen LogP contribution in [0.2, 0.25) is 0 Å². The lowest BCUT2D eigenvalue weighted by Crippen LogP contribution is -2.00. The lowest BCUT2D eigenvalue weighted by Gasteiger charge is -2.11. The van der Waals surface area contributed by atoms with Crippen LogP contribution >= 0.6 is 0 Å². The van der Waals surface area contributed by atoms with Crippen LogP contribution in [0, 0.1) is 18.6 Å². The summed E-state index contributed by atoms with van der Waals surface area (Å²) in [5.74, 6) is -0.523. The number of hydrogen-bond acceptors (Lipinski definition) is 4. The summed E-state index contributed by atoms with van der Waals surface area (Å²) in [6, 6.07) is 7.08. The maximum absolute atomic E-state index is 14.1.